The fourth-order valence-corrected chi connectivity index (χ4v) is 2.98. The summed E-state index contributed by atoms with van der Waals surface area (Å²) in [5, 5.41) is 2.00. The Hall–Kier alpha value is 0.0700. The molecule has 0 spiro atoms. The van der Waals surface area contributed by atoms with E-state index in [4.69, 9.17) is 0 Å². The highest BCUT2D eigenvalue weighted by molar-refractivity contribution is 8.77. The van der Waals surface area contributed by atoms with Crippen molar-refractivity contribution in [3.05, 3.63) is 36.3 Å². The van der Waals surface area contributed by atoms with Crippen LogP contribution in [0.15, 0.2) is 36.3 Å². The molecule has 0 saturated heterocycles. The number of allylic oxidation sites excluding steroid dienone is 1. The molecule has 0 aromatic rings. The lowest BCUT2D eigenvalue weighted by Crippen LogP contribution is -1.96. The Bertz CT molecular complexity index is 221. The summed E-state index contributed by atoms with van der Waals surface area (Å²) >= 11 is 0. The summed E-state index contributed by atoms with van der Waals surface area (Å²) in [6.07, 6.45) is 7.79. The van der Waals surface area contributed by atoms with Gasteiger partial charge in [0.25, 0.3) is 0 Å². The molecule has 14 heavy (non-hydrogen) atoms. The molecule has 0 aliphatic rings. The van der Waals surface area contributed by atoms with Crippen molar-refractivity contribution in [3.63, 3.8) is 0 Å². The predicted octanol–water partition coefficient (Wildman–Crippen LogP) is 3.39. The Labute approximate surface area is 97.0 Å². The quantitative estimate of drug-likeness (QED) is 0.372. The molecule has 0 aromatic heterocycles. The molecule has 4 heteroatoms. The second kappa shape index (κ2) is 11.1. The van der Waals surface area contributed by atoms with Gasteiger partial charge in [-0.2, -0.15) is 0 Å². The fourth-order valence-electron chi connectivity index (χ4n) is 0.599. The molecule has 0 aliphatic carbocycles. The van der Waals surface area contributed by atoms with E-state index < -0.39 is 10.8 Å². The first-order valence-electron chi connectivity index (χ1n) is 4.31. The highest BCUT2D eigenvalue weighted by Crippen LogP contribution is 2.21. The first-order valence-corrected chi connectivity index (χ1v) is 8.18. The van der Waals surface area contributed by atoms with E-state index >= 15 is 0 Å². The van der Waals surface area contributed by atoms with Crippen LogP contribution in [0, 0.1) is 0 Å². The Morgan fingerprint density at radius 3 is 2.79 bits per heavy atom. The molecular weight excluding hydrogens is 232 g/mol. The van der Waals surface area contributed by atoms with Gasteiger partial charge in [-0.3, -0.25) is 4.21 Å². The SMILES string of the molecule is C=CCS(=O)CC=CSSCC=CC. The molecule has 0 aliphatic heterocycles. The summed E-state index contributed by atoms with van der Waals surface area (Å²) in [6.45, 7) is 5.56. The van der Waals surface area contributed by atoms with Gasteiger partial charge in [-0.05, 0) is 12.3 Å². The highest BCUT2D eigenvalue weighted by Gasteiger charge is 1.90. The average molecular weight is 248 g/mol. The van der Waals surface area contributed by atoms with Gasteiger partial charge in [0.1, 0.15) is 0 Å². The molecule has 0 N–H and O–H groups in total. The lowest BCUT2D eigenvalue weighted by atomic mass is 10.6. The summed E-state index contributed by atoms with van der Waals surface area (Å²) in [4.78, 5) is 0. The van der Waals surface area contributed by atoms with Gasteiger partial charge in [-0.25, -0.2) is 0 Å². The third-order valence-electron chi connectivity index (χ3n) is 1.21. The largest absolute Gasteiger partial charge is 0.259 e. The summed E-state index contributed by atoms with van der Waals surface area (Å²) in [6, 6.07) is 0. The minimum Gasteiger partial charge on any atom is -0.259 e. The molecule has 1 unspecified atom stereocenters. The summed E-state index contributed by atoms with van der Waals surface area (Å²) in [5.41, 5.74) is 0. The van der Waals surface area contributed by atoms with Crippen LogP contribution >= 0.6 is 21.6 Å². The Balaban J connectivity index is 3.35. The second-order valence-electron chi connectivity index (χ2n) is 2.38. The smallest absolute Gasteiger partial charge is 0.0426 e. The van der Waals surface area contributed by atoms with Crippen LogP contribution in [0.1, 0.15) is 6.92 Å². The van der Waals surface area contributed by atoms with Crippen molar-refractivity contribution in [1.82, 2.24) is 0 Å². The van der Waals surface area contributed by atoms with Gasteiger partial charge in [0.15, 0.2) is 0 Å². The minimum absolute atomic E-state index is 0.584. The number of rotatable bonds is 8. The molecule has 0 saturated carbocycles. The summed E-state index contributed by atoms with van der Waals surface area (Å²) in [7, 11) is 2.67. The summed E-state index contributed by atoms with van der Waals surface area (Å²) < 4.78 is 11.1. The molecule has 0 rings (SSSR count). The molecule has 0 bridgehead atoms. The van der Waals surface area contributed by atoms with E-state index in [2.05, 4.69) is 12.7 Å². The van der Waals surface area contributed by atoms with Crippen LogP contribution in [0.25, 0.3) is 0 Å². The normalized spacial score (nSPS) is 13.8. The predicted molar refractivity (Wildman–Crippen MR) is 72.1 cm³/mol. The van der Waals surface area contributed by atoms with Crippen molar-refractivity contribution < 1.29 is 4.21 Å². The lowest BCUT2D eigenvalue weighted by molar-refractivity contribution is 0.687. The van der Waals surface area contributed by atoms with Crippen LogP contribution in [0.3, 0.4) is 0 Å². The maximum Gasteiger partial charge on any atom is 0.0426 e. The maximum absolute atomic E-state index is 11.1. The van der Waals surface area contributed by atoms with E-state index in [-0.39, 0.29) is 0 Å². The van der Waals surface area contributed by atoms with Crippen LogP contribution < -0.4 is 0 Å². The molecule has 0 heterocycles. The molecule has 80 valence electrons. The Morgan fingerprint density at radius 2 is 2.14 bits per heavy atom. The second-order valence-corrected chi connectivity index (χ2v) is 6.25. The van der Waals surface area contributed by atoms with Crippen molar-refractivity contribution in [2.24, 2.45) is 0 Å². The lowest BCUT2D eigenvalue weighted by Gasteiger charge is -1.92. The van der Waals surface area contributed by atoms with E-state index in [1.807, 2.05) is 24.5 Å². The fraction of sp³-hybridized carbons (Fsp3) is 0.400. The highest BCUT2D eigenvalue weighted by atomic mass is 33.1. The molecule has 0 amide bonds. The number of hydrogen-bond acceptors (Lipinski definition) is 3. The van der Waals surface area contributed by atoms with Crippen molar-refractivity contribution in [2.45, 2.75) is 6.92 Å². The van der Waals surface area contributed by atoms with Crippen molar-refractivity contribution in [2.75, 3.05) is 17.3 Å². The number of hydrogen-bond donors (Lipinski definition) is 0. The van der Waals surface area contributed by atoms with Crippen molar-refractivity contribution >= 4 is 32.4 Å². The van der Waals surface area contributed by atoms with Crippen LogP contribution in [-0.2, 0) is 10.8 Å². The van der Waals surface area contributed by atoms with Gasteiger partial charge >= 0.3 is 0 Å². The third kappa shape index (κ3) is 10.2. The average Bonchev–Trinajstić information content (AvgIpc) is 2.17. The van der Waals surface area contributed by atoms with Gasteiger partial charge in [-0.15, -0.1) is 6.58 Å². The van der Waals surface area contributed by atoms with Crippen molar-refractivity contribution in [1.29, 1.82) is 0 Å². The van der Waals surface area contributed by atoms with Gasteiger partial charge in [0, 0.05) is 28.1 Å². The summed E-state index contributed by atoms with van der Waals surface area (Å²) in [5.74, 6) is 2.23. The molecule has 0 fully saturated rings. The van der Waals surface area contributed by atoms with Gasteiger partial charge in [0.2, 0.25) is 0 Å². The van der Waals surface area contributed by atoms with Crippen molar-refractivity contribution in [3.8, 4) is 0 Å². The molecule has 1 nitrogen and oxygen atoms in total. The zero-order valence-electron chi connectivity index (χ0n) is 8.35. The molecular formula is C10H16OS3. The van der Waals surface area contributed by atoms with E-state index in [1.165, 1.54) is 0 Å². The first kappa shape index (κ1) is 14.1. The first-order chi connectivity index (χ1) is 6.81. The van der Waals surface area contributed by atoms with E-state index in [0.29, 0.717) is 11.5 Å². The van der Waals surface area contributed by atoms with E-state index in [0.717, 1.165) is 5.75 Å². The Morgan fingerprint density at radius 1 is 1.36 bits per heavy atom. The zero-order valence-corrected chi connectivity index (χ0v) is 10.8. The minimum atomic E-state index is -0.770. The van der Waals surface area contributed by atoms with Crippen LogP contribution in [0.4, 0.5) is 0 Å². The molecule has 1 atom stereocenters. The van der Waals surface area contributed by atoms with Gasteiger partial charge in [0.05, 0.1) is 0 Å². The van der Waals surface area contributed by atoms with Crippen LogP contribution in [0.5, 0.6) is 0 Å². The maximum atomic E-state index is 11.1. The van der Waals surface area contributed by atoms with Gasteiger partial charge in [-0.1, -0.05) is 45.9 Å². The third-order valence-corrected chi connectivity index (χ3v) is 4.30. The van der Waals surface area contributed by atoms with E-state index in [9.17, 15) is 4.21 Å². The molecule has 0 radical (unpaired) electrons. The van der Waals surface area contributed by atoms with Gasteiger partial charge < -0.3 is 0 Å². The molecule has 0 aromatic carbocycles. The topological polar surface area (TPSA) is 17.1 Å². The zero-order chi connectivity index (χ0) is 10.6. The Kier molecular flexibility index (Phi) is 11.2. The van der Waals surface area contributed by atoms with Crippen LogP contribution in [-0.4, -0.2) is 21.5 Å². The standard InChI is InChI=1S/C10H16OS3/c1-3-5-7-12-13-8-6-10-14(11)9-4-2/h3-6,8H,2,7,9-10H2,1H3. The monoisotopic (exact) mass is 248 g/mol. The van der Waals surface area contributed by atoms with E-state index in [1.54, 1.807) is 27.7 Å². The van der Waals surface area contributed by atoms with Crippen LogP contribution in [0.2, 0.25) is 0 Å².